The van der Waals surface area contributed by atoms with E-state index < -0.39 is 10.8 Å². The molecule has 7 nitrogen and oxygen atoms in total. The summed E-state index contributed by atoms with van der Waals surface area (Å²) in [5.41, 5.74) is 1.37. The summed E-state index contributed by atoms with van der Waals surface area (Å²) >= 11 is 0. The molecule has 3 aromatic rings. The molecule has 0 fully saturated rings. The third-order valence-corrected chi connectivity index (χ3v) is 4.52. The number of ether oxygens (including phenoxy) is 1. The van der Waals surface area contributed by atoms with Crippen molar-refractivity contribution < 1.29 is 19.6 Å². The summed E-state index contributed by atoms with van der Waals surface area (Å²) in [7, 11) is 0. The zero-order valence-corrected chi connectivity index (χ0v) is 16.3. The van der Waals surface area contributed by atoms with Gasteiger partial charge in [-0.05, 0) is 55.2 Å². The third-order valence-electron chi connectivity index (χ3n) is 4.52. The van der Waals surface area contributed by atoms with Crippen molar-refractivity contribution in [2.45, 2.75) is 19.3 Å². The molecule has 154 valence electrons. The number of nitro benzene ring substituents is 1. The second kappa shape index (κ2) is 10.1. The second-order valence-corrected chi connectivity index (χ2v) is 6.73. The maximum absolute atomic E-state index is 12.3. The van der Waals surface area contributed by atoms with Gasteiger partial charge in [0.05, 0.1) is 17.1 Å². The number of phenols is 1. The Labute approximate surface area is 174 Å². The number of aryl methyl sites for hydroxylation is 1. The molecule has 0 aliphatic heterocycles. The number of hydrogen-bond donors (Lipinski definition) is 2. The quantitative estimate of drug-likeness (QED) is 0.297. The van der Waals surface area contributed by atoms with Crippen molar-refractivity contribution >= 4 is 17.3 Å². The number of aromatic hydroxyl groups is 1. The monoisotopic (exact) mass is 406 g/mol. The van der Waals surface area contributed by atoms with Crippen molar-refractivity contribution in [3.8, 4) is 11.5 Å². The summed E-state index contributed by atoms with van der Waals surface area (Å²) < 4.78 is 5.72. The van der Waals surface area contributed by atoms with Gasteiger partial charge in [-0.25, -0.2) is 0 Å². The standard InChI is InChI=1S/C23H22N2O5/c26-22-14-11-19(25(28)29)16-21(22)23(27)24-18-9-12-20(13-10-18)30-15-5-4-8-17-6-2-1-3-7-17/h1-3,6-7,9-14,16,26H,4-5,8,15H2,(H,24,27). The minimum Gasteiger partial charge on any atom is -0.507 e. The zero-order chi connectivity index (χ0) is 21.3. The normalized spacial score (nSPS) is 10.4. The molecular formula is C23H22N2O5. The molecule has 0 aromatic heterocycles. The number of nitrogens with zero attached hydrogens (tertiary/aromatic N) is 1. The molecule has 0 spiro atoms. The molecular weight excluding hydrogens is 384 g/mol. The fraction of sp³-hybridized carbons (Fsp3) is 0.174. The highest BCUT2D eigenvalue weighted by molar-refractivity contribution is 6.06. The zero-order valence-electron chi connectivity index (χ0n) is 16.3. The van der Waals surface area contributed by atoms with E-state index >= 15 is 0 Å². The van der Waals surface area contributed by atoms with Gasteiger partial charge in [0.15, 0.2) is 0 Å². The van der Waals surface area contributed by atoms with Gasteiger partial charge in [0.2, 0.25) is 0 Å². The molecule has 2 N–H and O–H groups in total. The van der Waals surface area contributed by atoms with Crippen molar-refractivity contribution in [1.29, 1.82) is 0 Å². The number of anilines is 1. The topological polar surface area (TPSA) is 102 Å². The molecule has 0 saturated carbocycles. The molecule has 3 rings (SSSR count). The number of unbranched alkanes of at least 4 members (excludes halogenated alkanes) is 1. The van der Waals surface area contributed by atoms with Gasteiger partial charge in [0, 0.05) is 17.8 Å². The van der Waals surface area contributed by atoms with Crippen LogP contribution in [0.4, 0.5) is 11.4 Å². The Kier molecular flexibility index (Phi) is 7.00. The number of nitrogens with one attached hydrogen (secondary N) is 1. The molecule has 0 aliphatic rings. The Morgan fingerprint density at radius 3 is 2.43 bits per heavy atom. The fourth-order valence-corrected chi connectivity index (χ4v) is 2.92. The van der Waals surface area contributed by atoms with Crippen LogP contribution in [-0.4, -0.2) is 22.5 Å². The van der Waals surface area contributed by atoms with Crippen molar-refractivity contribution in [2.75, 3.05) is 11.9 Å². The van der Waals surface area contributed by atoms with Crippen LogP contribution in [0, 0.1) is 10.1 Å². The maximum atomic E-state index is 12.3. The molecule has 0 aliphatic carbocycles. The summed E-state index contributed by atoms with van der Waals surface area (Å²) in [6, 6.07) is 20.4. The molecule has 1 amide bonds. The van der Waals surface area contributed by atoms with Gasteiger partial charge in [-0.2, -0.15) is 0 Å². The van der Waals surface area contributed by atoms with Gasteiger partial charge in [0.1, 0.15) is 11.5 Å². The predicted octanol–water partition coefficient (Wildman–Crippen LogP) is 4.95. The summed E-state index contributed by atoms with van der Waals surface area (Å²) in [5.74, 6) is -0.273. The Bertz CT molecular complexity index is 1000. The van der Waals surface area contributed by atoms with Crippen LogP contribution >= 0.6 is 0 Å². The van der Waals surface area contributed by atoms with Gasteiger partial charge in [-0.1, -0.05) is 30.3 Å². The Hall–Kier alpha value is -3.87. The average Bonchev–Trinajstić information content (AvgIpc) is 2.75. The van der Waals surface area contributed by atoms with Gasteiger partial charge in [-0.15, -0.1) is 0 Å². The molecule has 30 heavy (non-hydrogen) atoms. The number of carbonyl (C=O) groups is 1. The minimum absolute atomic E-state index is 0.164. The van der Waals surface area contributed by atoms with Crippen molar-refractivity contribution in [3.63, 3.8) is 0 Å². The lowest BCUT2D eigenvalue weighted by atomic mass is 10.1. The molecule has 7 heteroatoms. The smallest absolute Gasteiger partial charge is 0.270 e. The Morgan fingerprint density at radius 2 is 1.73 bits per heavy atom. The largest absolute Gasteiger partial charge is 0.507 e. The van der Waals surface area contributed by atoms with E-state index in [0.29, 0.717) is 18.0 Å². The number of amides is 1. The van der Waals surface area contributed by atoms with Gasteiger partial charge >= 0.3 is 0 Å². The van der Waals surface area contributed by atoms with Crippen molar-refractivity contribution in [1.82, 2.24) is 0 Å². The van der Waals surface area contributed by atoms with Gasteiger partial charge in [-0.3, -0.25) is 14.9 Å². The molecule has 0 saturated heterocycles. The number of hydrogen-bond acceptors (Lipinski definition) is 5. The first-order chi connectivity index (χ1) is 14.5. The van der Waals surface area contributed by atoms with E-state index in [-0.39, 0.29) is 17.0 Å². The SMILES string of the molecule is O=C(Nc1ccc(OCCCCc2ccccc2)cc1)c1cc([N+](=O)[O-])ccc1O. The molecule has 0 atom stereocenters. The Morgan fingerprint density at radius 1 is 1.00 bits per heavy atom. The van der Waals surface area contributed by atoms with Crippen LogP contribution < -0.4 is 10.1 Å². The highest BCUT2D eigenvalue weighted by atomic mass is 16.6. The summed E-state index contributed by atoms with van der Waals surface area (Å²) in [5, 5.41) is 23.3. The number of rotatable bonds is 9. The summed E-state index contributed by atoms with van der Waals surface area (Å²) in [4.78, 5) is 22.6. The highest BCUT2D eigenvalue weighted by Crippen LogP contribution is 2.24. The van der Waals surface area contributed by atoms with Crippen LogP contribution in [0.25, 0.3) is 0 Å². The van der Waals surface area contributed by atoms with E-state index in [1.165, 1.54) is 5.56 Å². The van der Waals surface area contributed by atoms with Crippen LogP contribution in [0.15, 0.2) is 72.8 Å². The lowest BCUT2D eigenvalue weighted by Gasteiger charge is -2.09. The molecule has 0 unspecified atom stereocenters. The number of non-ortho nitro benzene ring substituents is 1. The van der Waals surface area contributed by atoms with Crippen molar-refractivity contribution in [2.24, 2.45) is 0 Å². The molecule has 0 radical (unpaired) electrons. The summed E-state index contributed by atoms with van der Waals surface area (Å²) in [6.45, 7) is 0.597. The van der Waals surface area contributed by atoms with E-state index in [2.05, 4.69) is 17.4 Å². The fourth-order valence-electron chi connectivity index (χ4n) is 2.92. The molecule has 0 bridgehead atoms. The molecule has 0 heterocycles. The lowest BCUT2D eigenvalue weighted by molar-refractivity contribution is -0.384. The second-order valence-electron chi connectivity index (χ2n) is 6.73. The van der Waals surface area contributed by atoms with Crippen LogP contribution in [0.5, 0.6) is 11.5 Å². The van der Waals surface area contributed by atoms with Crippen LogP contribution in [0.1, 0.15) is 28.8 Å². The van der Waals surface area contributed by atoms with Crippen molar-refractivity contribution in [3.05, 3.63) is 94.0 Å². The first-order valence-electron chi connectivity index (χ1n) is 9.58. The van der Waals surface area contributed by atoms with E-state index in [1.54, 1.807) is 24.3 Å². The third kappa shape index (κ3) is 5.81. The van der Waals surface area contributed by atoms with E-state index in [4.69, 9.17) is 4.74 Å². The minimum atomic E-state index is -0.634. The van der Waals surface area contributed by atoms with Crippen LogP contribution in [-0.2, 0) is 6.42 Å². The number of nitro groups is 1. The number of benzene rings is 3. The number of carbonyl (C=O) groups excluding carboxylic acids is 1. The lowest BCUT2D eigenvalue weighted by Crippen LogP contribution is -2.12. The van der Waals surface area contributed by atoms with Gasteiger partial charge < -0.3 is 15.2 Å². The molecule has 3 aromatic carbocycles. The maximum Gasteiger partial charge on any atom is 0.270 e. The summed E-state index contributed by atoms with van der Waals surface area (Å²) in [6.07, 6.45) is 2.98. The first-order valence-corrected chi connectivity index (χ1v) is 9.58. The first kappa shape index (κ1) is 20.9. The van der Waals surface area contributed by atoms with Crippen LogP contribution in [0.3, 0.4) is 0 Å². The van der Waals surface area contributed by atoms with Crippen LogP contribution in [0.2, 0.25) is 0 Å². The highest BCUT2D eigenvalue weighted by Gasteiger charge is 2.16. The average molecular weight is 406 g/mol. The van der Waals surface area contributed by atoms with E-state index in [1.807, 2.05) is 18.2 Å². The van der Waals surface area contributed by atoms with E-state index in [9.17, 15) is 20.0 Å². The predicted molar refractivity (Wildman–Crippen MR) is 114 cm³/mol. The number of phenolic OH excluding ortho intramolecular Hbond substituents is 1. The van der Waals surface area contributed by atoms with Gasteiger partial charge in [0.25, 0.3) is 11.6 Å². The Balaban J connectivity index is 1.48. The van der Waals surface area contributed by atoms with E-state index in [0.717, 1.165) is 37.5 Å².